The molecule has 1 N–H and O–H groups in total. The molecule has 1 aliphatic heterocycles. The number of hydrogen-bond acceptors (Lipinski definition) is 5. The smallest absolute Gasteiger partial charge is 0.232 e. The van der Waals surface area contributed by atoms with Crippen LogP contribution in [0.25, 0.3) is 0 Å². The van der Waals surface area contributed by atoms with E-state index in [1.165, 1.54) is 0 Å². The molecule has 0 saturated carbocycles. The Hall–Kier alpha value is -2.53. The zero-order valence-corrected chi connectivity index (χ0v) is 13.2. The molecule has 0 radical (unpaired) electrons. The first-order valence-corrected chi connectivity index (χ1v) is 7.58. The van der Waals surface area contributed by atoms with E-state index in [0.717, 1.165) is 11.3 Å². The molecule has 1 atom stereocenters. The fourth-order valence-corrected chi connectivity index (χ4v) is 2.45. The molecule has 1 aromatic carbocycles. The Labute approximate surface area is 134 Å². The van der Waals surface area contributed by atoms with Crippen molar-refractivity contribution < 1.29 is 18.7 Å². The summed E-state index contributed by atoms with van der Waals surface area (Å²) in [5.41, 5.74) is 2.03. The predicted octanol–water partition coefficient (Wildman–Crippen LogP) is 3.20. The number of benzene rings is 1. The van der Waals surface area contributed by atoms with Crippen molar-refractivity contribution in [3.63, 3.8) is 0 Å². The van der Waals surface area contributed by atoms with E-state index in [1.807, 2.05) is 44.2 Å². The van der Waals surface area contributed by atoms with E-state index in [-0.39, 0.29) is 5.78 Å². The number of aryl methyl sites for hydroxylation is 1. The third kappa shape index (κ3) is 3.29. The molecular formula is C18H19NO4. The molecular weight excluding hydrogens is 294 g/mol. The van der Waals surface area contributed by atoms with E-state index in [4.69, 9.17) is 13.9 Å². The van der Waals surface area contributed by atoms with Crippen LogP contribution in [-0.4, -0.2) is 18.7 Å². The first-order valence-electron chi connectivity index (χ1n) is 7.58. The van der Waals surface area contributed by atoms with Gasteiger partial charge in [0.15, 0.2) is 5.78 Å². The fraction of sp³-hybridized carbons (Fsp3) is 0.278. The highest BCUT2D eigenvalue weighted by Crippen LogP contribution is 2.31. The van der Waals surface area contributed by atoms with E-state index in [0.29, 0.717) is 30.0 Å². The van der Waals surface area contributed by atoms with Crippen LogP contribution in [0.4, 0.5) is 0 Å². The van der Waals surface area contributed by atoms with Gasteiger partial charge >= 0.3 is 0 Å². The Morgan fingerprint density at radius 2 is 2.22 bits per heavy atom. The summed E-state index contributed by atoms with van der Waals surface area (Å²) >= 11 is 0. The molecule has 0 amide bonds. The summed E-state index contributed by atoms with van der Waals surface area (Å²) in [6.07, 6.45) is 2.56. The molecule has 2 aromatic rings. The van der Waals surface area contributed by atoms with Crippen LogP contribution in [0.3, 0.4) is 0 Å². The first kappa shape index (κ1) is 15.4. The second-order valence-corrected chi connectivity index (χ2v) is 5.29. The summed E-state index contributed by atoms with van der Waals surface area (Å²) in [4.78, 5) is 12.8. The Balaban J connectivity index is 1.84. The van der Waals surface area contributed by atoms with Crippen molar-refractivity contribution in [1.29, 1.82) is 0 Å². The van der Waals surface area contributed by atoms with Crippen LogP contribution in [0.15, 0.2) is 52.8 Å². The molecule has 5 nitrogen and oxygen atoms in total. The Kier molecular flexibility index (Phi) is 4.48. The highest BCUT2D eigenvalue weighted by Gasteiger charge is 2.32. The third-order valence-electron chi connectivity index (χ3n) is 3.56. The van der Waals surface area contributed by atoms with Crippen molar-refractivity contribution in [3.8, 4) is 5.75 Å². The summed E-state index contributed by atoms with van der Waals surface area (Å²) in [5.74, 6) is 1.26. The molecule has 1 aliphatic rings. The number of fused-ring (bicyclic) bond motifs is 1. The van der Waals surface area contributed by atoms with E-state index in [2.05, 4.69) is 5.32 Å². The van der Waals surface area contributed by atoms with Gasteiger partial charge in [0.25, 0.3) is 0 Å². The Morgan fingerprint density at radius 3 is 2.96 bits per heavy atom. The summed E-state index contributed by atoms with van der Waals surface area (Å²) < 4.78 is 16.6. The molecule has 120 valence electrons. The average molecular weight is 313 g/mol. The summed E-state index contributed by atoms with van der Waals surface area (Å²) in [6.45, 7) is 4.76. The zero-order chi connectivity index (χ0) is 16.2. The predicted molar refractivity (Wildman–Crippen MR) is 85.2 cm³/mol. The molecule has 1 aromatic heterocycles. The third-order valence-corrected chi connectivity index (χ3v) is 3.56. The molecule has 3 rings (SSSR count). The molecule has 0 saturated heterocycles. The van der Waals surface area contributed by atoms with Crippen LogP contribution in [0.5, 0.6) is 5.75 Å². The molecule has 1 unspecified atom stereocenters. The normalized spacial score (nSPS) is 18.6. The van der Waals surface area contributed by atoms with Crippen LogP contribution < -0.4 is 10.1 Å². The van der Waals surface area contributed by atoms with Gasteiger partial charge in [-0.3, -0.25) is 4.79 Å². The van der Waals surface area contributed by atoms with Crippen molar-refractivity contribution in [2.45, 2.75) is 26.7 Å². The number of ether oxygens (including phenoxy) is 2. The van der Waals surface area contributed by atoms with Gasteiger partial charge in [0.05, 0.1) is 23.9 Å². The first-order chi connectivity index (χ1) is 11.2. The van der Waals surface area contributed by atoms with Gasteiger partial charge in [-0.05, 0) is 38.1 Å². The Bertz CT molecular complexity index is 719. The number of furan rings is 1. The maximum atomic E-state index is 12.8. The number of Topliss-reactive ketones (excluding diaryl/α,β-unsaturated/α-hetero) is 1. The standard InChI is InChI=1S/C18H19NO4/c1-3-21-18-15(11-19-10-13-5-4-8-22-13)17(20)14-9-12(2)6-7-16(14)23-18/h4-9,11,18-19H,3,10H2,1-2H3/b15-11-. The van der Waals surface area contributed by atoms with Crippen molar-refractivity contribution in [2.24, 2.45) is 0 Å². The molecule has 5 heteroatoms. The number of ketones is 1. The second kappa shape index (κ2) is 6.71. The molecule has 23 heavy (non-hydrogen) atoms. The van der Waals surface area contributed by atoms with E-state index in [1.54, 1.807) is 12.5 Å². The lowest BCUT2D eigenvalue weighted by molar-refractivity contribution is -0.0512. The number of carbonyl (C=O) groups is 1. The topological polar surface area (TPSA) is 60.7 Å². The van der Waals surface area contributed by atoms with Crippen LogP contribution in [0, 0.1) is 6.92 Å². The maximum Gasteiger partial charge on any atom is 0.232 e. The van der Waals surface area contributed by atoms with Gasteiger partial charge in [-0.15, -0.1) is 0 Å². The van der Waals surface area contributed by atoms with E-state index >= 15 is 0 Å². The minimum absolute atomic E-state index is 0.0830. The number of hydrogen-bond donors (Lipinski definition) is 1. The SMILES string of the molecule is CCOC1Oc2ccc(C)cc2C(=O)/C1=C/NCc1ccco1. The van der Waals surface area contributed by atoms with Crippen molar-refractivity contribution >= 4 is 5.78 Å². The quantitative estimate of drug-likeness (QED) is 0.859. The lowest BCUT2D eigenvalue weighted by Crippen LogP contribution is -2.33. The van der Waals surface area contributed by atoms with Gasteiger partial charge in [-0.1, -0.05) is 11.6 Å². The summed E-state index contributed by atoms with van der Waals surface area (Å²) in [5, 5.41) is 3.09. The van der Waals surface area contributed by atoms with Gasteiger partial charge in [-0.2, -0.15) is 0 Å². The average Bonchev–Trinajstić information content (AvgIpc) is 3.05. The Morgan fingerprint density at radius 1 is 1.35 bits per heavy atom. The number of nitrogens with one attached hydrogen (secondary N) is 1. The second-order valence-electron chi connectivity index (χ2n) is 5.29. The molecule has 0 spiro atoms. The molecule has 2 heterocycles. The molecule has 0 fully saturated rings. The van der Waals surface area contributed by atoms with Crippen molar-refractivity contribution in [3.05, 3.63) is 65.3 Å². The molecule has 0 bridgehead atoms. The van der Waals surface area contributed by atoms with Crippen LogP contribution in [-0.2, 0) is 11.3 Å². The largest absolute Gasteiger partial charge is 0.467 e. The van der Waals surface area contributed by atoms with Crippen molar-refractivity contribution in [2.75, 3.05) is 6.61 Å². The zero-order valence-electron chi connectivity index (χ0n) is 13.2. The highest BCUT2D eigenvalue weighted by atomic mass is 16.7. The van der Waals surface area contributed by atoms with Gasteiger partial charge in [0.1, 0.15) is 11.5 Å². The molecule has 0 aliphatic carbocycles. The maximum absolute atomic E-state index is 12.8. The van der Waals surface area contributed by atoms with Gasteiger partial charge in [0, 0.05) is 12.8 Å². The van der Waals surface area contributed by atoms with Crippen LogP contribution >= 0.6 is 0 Å². The number of carbonyl (C=O) groups excluding carboxylic acids is 1. The minimum atomic E-state index is -0.702. The number of rotatable bonds is 5. The van der Waals surface area contributed by atoms with Gasteiger partial charge < -0.3 is 19.2 Å². The van der Waals surface area contributed by atoms with E-state index in [9.17, 15) is 4.79 Å². The highest BCUT2D eigenvalue weighted by molar-refractivity contribution is 6.12. The van der Waals surface area contributed by atoms with Crippen LogP contribution in [0.2, 0.25) is 0 Å². The van der Waals surface area contributed by atoms with Crippen LogP contribution in [0.1, 0.15) is 28.6 Å². The van der Waals surface area contributed by atoms with Gasteiger partial charge in [-0.25, -0.2) is 0 Å². The lowest BCUT2D eigenvalue weighted by atomic mass is 9.98. The lowest BCUT2D eigenvalue weighted by Gasteiger charge is -2.27. The summed E-state index contributed by atoms with van der Waals surface area (Å²) in [7, 11) is 0. The van der Waals surface area contributed by atoms with Crippen molar-refractivity contribution in [1.82, 2.24) is 5.32 Å². The fourth-order valence-electron chi connectivity index (χ4n) is 2.45. The summed E-state index contributed by atoms with van der Waals surface area (Å²) in [6, 6.07) is 9.24. The van der Waals surface area contributed by atoms with Gasteiger partial charge in [0.2, 0.25) is 6.29 Å². The van der Waals surface area contributed by atoms with E-state index < -0.39 is 6.29 Å². The monoisotopic (exact) mass is 313 g/mol. The minimum Gasteiger partial charge on any atom is -0.467 e.